The number of rotatable bonds is 3. The Labute approximate surface area is 84.7 Å². The lowest BCUT2D eigenvalue weighted by atomic mass is 10.5. The van der Waals surface area contributed by atoms with Crippen molar-refractivity contribution >= 4 is 14.1 Å². The van der Waals surface area contributed by atoms with Crippen LogP contribution in [0.3, 0.4) is 0 Å². The van der Waals surface area contributed by atoms with Gasteiger partial charge in [-0.3, -0.25) is 0 Å². The van der Waals surface area contributed by atoms with Gasteiger partial charge in [0.2, 0.25) is 0 Å². The molecular formula is C12H15Al. The van der Waals surface area contributed by atoms with Crippen LogP contribution in [0.15, 0.2) is 45.3 Å². The van der Waals surface area contributed by atoms with Crippen molar-refractivity contribution in [2.75, 3.05) is 0 Å². The molecule has 1 heteroatoms. The minimum Gasteiger partial charge on any atom is -0.122 e. The zero-order chi connectivity index (χ0) is 9.10. The Morgan fingerprint density at radius 2 is 1.62 bits per heavy atom. The molecule has 0 bridgehead atoms. The minimum atomic E-state index is -0.721. The van der Waals surface area contributed by atoms with Crippen LogP contribution in [0.4, 0.5) is 0 Å². The molecule has 0 nitrogen and oxygen atoms in total. The van der Waals surface area contributed by atoms with Gasteiger partial charge in [-0.05, 0) is 12.8 Å². The molecule has 0 fully saturated rings. The molecule has 0 aromatic carbocycles. The van der Waals surface area contributed by atoms with E-state index in [2.05, 4.69) is 43.4 Å². The van der Waals surface area contributed by atoms with Crippen LogP contribution in [0.5, 0.6) is 0 Å². The second-order valence-electron chi connectivity index (χ2n) is 3.71. The molecule has 0 amide bonds. The first kappa shape index (κ1) is 9.06. The predicted molar refractivity (Wildman–Crippen MR) is 59.9 cm³/mol. The summed E-state index contributed by atoms with van der Waals surface area (Å²) in [4.78, 5) is 0. The van der Waals surface area contributed by atoms with Crippen molar-refractivity contribution in [2.45, 2.75) is 25.0 Å². The Bertz CT molecular complexity index is 275. The van der Waals surface area contributed by atoms with Gasteiger partial charge in [0.05, 0.1) is 0 Å². The summed E-state index contributed by atoms with van der Waals surface area (Å²) >= 11 is -0.721. The summed E-state index contributed by atoms with van der Waals surface area (Å²) in [5, 5.41) is 1.38. The van der Waals surface area contributed by atoms with E-state index in [1.165, 1.54) is 18.1 Å². The summed E-state index contributed by atoms with van der Waals surface area (Å²) in [7, 11) is 0. The van der Waals surface area contributed by atoms with Crippen LogP contribution in [0.2, 0.25) is 5.28 Å². The lowest BCUT2D eigenvalue weighted by Gasteiger charge is -2.12. The van der Waals surface area contributed by atoms with Crippen LogP contribution in [0.25, 0.3) is 0 Å². The smallest absolute Gasteiger partial charge is 0.122 e. The molecule has 0 aliphatic heterocycles. The molecule has 0 N–H and O–H groups in total. The molecule has 0 radical (unpaired) electrons. The van der Waals surface area contributed by atoms with Gasteiger partial charge in [-0.1, -0.05) is 48.7 Å². The van der Waals surface area contributed by atoms with Crippen LogP contribution in [0.1, 0.15) is 19.8 Å². The van der Waals surface area contributed by atoms with Crippen LogP contribution < -0.4 is 0 Å². The maximum Gasteiger partial charge on any atom is 0.335 e. The molecule has 0 aromatic rings. The Balaban J connectivity index is 2.09. The minimum absolute atomic E-state index is 0.721. The molecule has 13 heavy (non-hydrogen) atoms. The number of hydrogen-bond donors (Lipinski definition) is 0. The SMILES string of the molecule is C[CH2][Al]([C]1=CC=CC1)[C]1=CC=CC1. The van der Waals surface area contributed by atoms with Gasteiger partial charge >= 0.3 is 14.1 Å². The van der Waals surface area contributed by atoms with E-state index in [1.54, 1.807) is 8.87 Å². The van der Waals surface area contributed by atoms with E-state index in [-0.39, 0.29) is 0 Å². The summed E-state index contributed by atoms with van der Waals surface area (Å²) in [6.45, 7) is 2.34. The van der Waals surface area contributed by atoms with Gasteiger partial charge in [0.25, 0.3) is 0 Å². The highest BCUT2D eigenvalue weighted by molar-refractivity contribution is 6.74. The molecule has 2 aliphatic rings. The van der Waals surface area contributed by atoms with E-state index >= 15 is 0 Å². The van der Waals surface area contributed by atoms with Crippen LogP contribution >= 0.6 is 0 Å². The highest BCUT2D eigenvalue weighted by atomic mass is 27.2. The molecular weight excluding hydrogens is 171 g/mol. The zero-order valence-electron chi connectivity index (χ0n) is 8.16. The molecule has 66 valence electrons. The largest absolute Gasteiger partial charge is 0.335 e. The van der Waals surface area contributed by atoms with E-state index < -0.39 is 14.1 Å². The fourth-order valence-electron chi connectivity index (χ4n) is 2.21. The van der Waals surface area contributed by atoms with Gasteiger partial charge < -0.3 is 0 Å². The van der Waals surface area contributed by atoms with Crippen molar-refractivity contribution in [3.8, 4) is 0 Å². The predicted octanol–water partition coefficient (Wildman–Crippen LogP) is 3.35. The van der Waals surface area contributed by atoms with Crippen molar-refractivity contribution in [2.24, 2.45) is 0 Å². The molecule has 0 saturated carbocycles. The lowest BCUT2D eigenvalue weighted by Crippen LogP contribution is -2.17. The average molecular weight is 186 g/mol. The monoisotopic (exact) mass is 186 g/mol. The third-order valence-electron chi connectivity index (χ3n) is 2.90. The Morgan fingerprint density at radius 3 is 1.92 bits per heavy atom. The van der Waals surface area contributed by atoms with Gasteiger partial charge in [0.1, 0.15) is 0 Å². The van der Waals surface area contributed by atoms with Crippen LogP contribution in [-0.4, -0.2) is 14.1 Å². The van der Waals surface area contributed by atoms with E-state index in [4.69, 9.17) is 0 Å². The highest BCUT2D eigenvalue weighted by Crippen LogP contribution is 2.25. The molecule has 2 rings (SSSR count). The quantitative estimate of drug-likeness (QED) is 0.593. The van der Waals surface area contributed by atoms with Gasteiger partial charge in [-0.25, -0.2) is 0 Å². The van der Waals surface area contributed by atoms with E-state index in [9.17, 15) is 0 Å². The number of allylic oxidation sites excluding steroid dienone is 8. The third kappa shape index (κ3) is 1.88. The van der Waals surface area contributed by atoms with E-state index in [0.29, 0.717) is 0 Å². The Hall–Kier alpha value is -0.508. The van der Waals surface area contributed by atoms with E-state index in [0.717, 1.165) is 0 Å². The third-order valence-corrected chi connectivity index (χ3v) is 6.37. The topological polar surface area (TPSA) is 0 Å². The van der Waals surface area contributed by atoms with Crippen LogP contribution in [0, 0.1) is 0 Å². The second kappa shape index (κ2) is 4.13. The Kier molecular flexibility index (Phi) is 2.88. The maximum atomic E-state index is 2.35. The summed E-state index contributed by atoms with van der Waals surface area (Å²) in [6, 6.07) is 0. The second-order valence-corrected chi connectivity index (χ2v) is 7.11. The standard InChI is InChI=1S/2C5H5.C2H5.Al/c2*1-2-4-5-3-1;1-2;/h2*1-3H,4H2;1H2,2H3;. The molecule has 0 heterocycles. The first-order chi connectivity index (χ1) is 6.42. The van der Waals surface area contributed by atoms with Crippen molar-refractivity contribution < 1.29 is 0 Å². The molecule has 2 aliphatic carbocycles. The van der Waals surface area contributed by atoms with Gasteiger partial charge in [-0.15, -0.1) is 8.87 Å². The summed E-state index contributed by atoms with van der Waals surface area (Å²) in [5.74, 6) is 0. The van der Waals surface area contributed by atoms with E-state index in [1.807, 2.05) is 0 Å². The lowest BCUT2D eigenvalue weighted by molar-refractivity contribution is 1.28. The molecule has 0 aromatic heterocycles. The maximum absolute atomic E-state index is 2.35. The summed E-state index contributed by atoms with van der Waals surface area (Å²) < 4.78 is 3.47. The molecule has 0 saturated heterocycles. The normalized spacial score (nSPS) is 19.2. The van der Waals surface area contributed by atoms with Crippen molar-refractivity contribution in [1.82, 2.24) is 0 Å². The molecule has 0 atom stereocenters. The first-order valence-electron chi connectivity index (χ1n) is 5.13. The van der Waals surface area contributed by atoms with Crippen molar-refractivity contribution in [1.29, 1.82) is 0 Å². The molecule has 0 spiro atoms. The van der Waals surface area contributed by atoms with Crippen molar-refractivity contribution in [3.63, 3.8) is 0 Å². The fourth-order valence-corrected chi connectivity index (χ4v) is 5.26. The molecule has 0 unspecified atom stereocenters. The first-order valence-corrected chi connectivity index (χ1v) is 7.10. The van der Waals surface area contributed by atoms with Crippen LogP contribution in [-0.2, 0) is 0 Å². The average Bonchev–Trinajstić information content (AvgIpc) is 2.76. The Morgan fingerprint density at radius 1 is 1.08 bits per heavy atom. The number of hydrogen-bond acceptors (Lipinski definition) is 0. The van der Waals surface area contributed by atoms with Crippen molar-refractivity contribution in [3.05, 3.63) is 45.3 Å². The summed E-state index contributed by atoms with van der Waals surface area (Å²) in [5.41, 5.74) is 0. The fraction of sp³-hybridized carbons (Fsp3) is 0.333. The van der Waals surface area contributed by atoms with Gasteiger partial charge in [0, 0.05) is 0 Å². The van der Waals surface area contributed by atoms with Gasteiger partial charge in [-0.2, -0.15) is 0 Å². The summed E-state index contributed by atoms with van der Waals surface area (Å²) in [6.07, 6.45) is 16.1. The zero-order valence-corrected chi connectivity index (χ0v) is 9.32. The van der Waals surface area contributed by atoms with Gasteiger partial charge in [0.15, 0.2) is 0 Å². The highest BCUT2D eigenvalue weighted by Gasteiger charge is 2.24.